The van der Waals surface area contributed by atoms with Crippen LogP contribution in [0.4, 0.5) is 4.39 Å². The second kappa shape index (κ2) is 2.35. The maximum Gasteiger partial charge on any atom is 0.123 e. The van der Waals surface area contributed by atoms with E-state index < -0.39 is 6.17 Å². The van der Waals surface area contributed by atoms with Crippen LogP contribution >= 0.6 is 0 Å². The van der Waals surface area contributed by atoms with Gasteiger partial charge in [-0.3, -0.25) is 0 Å². The van der Waals surface area contributed by atoms with Crippen LogP contribution in [-0.2, 0) is 0 Å². The largest absolute Gasteiger partial charge is 0.309 e. The Kier molecular flexibility index (Phi) is 1.49. The molecule has 1 nitrogen and oxygen atoms in total. The summed E-state index contributed by atoms with van der Waals surface area (Å²) in [7, 11) is 0. The fourth-order valence-corrected chi connectivity index (χ4v) is 1.84. The van der Waals surface area contributed by atoms with Crippen LogP contribution in [0.25, 0.3) is 0 Å². The van der Waals surface area contributed by atoms with Crippen molar-refractivity contribution < 1.29 is 4.39 Å². The smallest absolute Gasteiger partial charge is 0.123 e. The molecule has 0 aromatic carbocycles. The van der Waals surface area contributed by atoms with E-state index >= 15 is 0 Å². The Morgan fingerprint density at radius 3 is 3.10 bits per heavy atom. The van der Waals surface area contributed by atoms with E-state index in [4.69, 9.17) is 0 Å². The Labute approximate surface area is 60.3 Å². The Balaban J connectivity index is 2.22. The highest BCUT2D eigenvalue weighted by Gasteiger charge is 2.25. The van der Waals surface area contributed by atoms with E-state index in [2.05, 4.69) is 5.32 Å². The zero-order chi connectivity index (χ0) is 6.97. The van der Waals surface area contributed by atoms with Crippen LogP contribution in [0.3, 0.4) is 0 Å². The first-order valence-corrected chi connectivity index (χ1v) is 3.93. The molecule has 0 bridgehead atoms. The van der Waals surface area contributed by atoms with Crippen LogP contribution in [0.2, 0.25) is 0 Å². The van der Waals surface area contributed by atoms with Gasteiger partial charge in [-0.2, -0.15) is 0 Å². The van der Waals surface area contributed by atoms with E-state index in [0.29, 0.717) is 0 Å². The maximum atomic E-state index is 13.0. The first-order valence-electron chi connectivity index (χ1n) is 3.93. The average molecular weight is 141 g/mol. The van der Waals surface area contributed by atoms with Crippen LogP contribution < -0.4 is 5.32 Å². The molecule has 1 unspecified atom stereocenters. The molecule has 2 heteroatoms. The molecule has 0 spiro atoms. The first kappa shape index (κ1) is 6.35. The second-order valence-corrected chi connectivity index (χ2v) is 3.09. The van der Waals surface area contributed by atoms with Gasteiger partial charge in [-0.15, -0.1) is 0 Å². The Hall–Kier alpha value is -0.370. The molecule has 2 aliphatic rings. The van der Waals surface area contributed by atoms with Crippen molar-refractivity contribution in [1.29, 1.82) is 0 Å². The van der Waals surface area contributed by atoms with Crippen molar-refractivity contribution in [2.75, 3.05) is 13.1 Å². The summed E-state index contributed by atoms with van der Waals surface area (Å²) < 4.78 is 13.0. The van der Waals surface area contributed by atoms with E-state index in [1.54, 1.807) is 0 Å². The summed E-state index contributed by atoms with van der Waals surface area (Å²) in [5.41, 5.74) is 2.41. The standard InChI is InChI=1S/C8H12FN/c9-8-3-1-2-6-4-10-5-7(6)8/h8,10H,1-5H2. The van der Waals surface area contributed by atoms with Gasteiger partial charge in [0, 0.05) is 13.1 Å². The predicted molar refractivity (Wildman–Crippen MR) is 38.6 cm³/mol. The molecule has 0 aromatic heterocycles. The van der Waals surface area contributed by atoms with Gasteiger partial charge in [0.25, 0.3) is 0 Å². The lowest BCUT2D eigenvalue weighted by Crippen LogP contribution is -2.14. The van der Waals surface area contributed by atoms with Crippen LogP contribution in [0.1, 0.15) is 19.3 Å². The SMILES string of the molecule is FC1CCCC2=C1CNC2. The maximum absolute atomic E-state index is 13.0. The molecule has 56 valence electrons. The molecule has 1 aliphatic heterocycles. The minimum atomic E-state index is -0.626. The highest BCUT2D eigenvalue weighted by Crippen LogP contribution is 2.29. The lowest BCUT2D eigenvalue weighted by molar-refractivity contribution is 0.338. The Morgan fingerprint density at radius 1 is 1.40 bits per heavy atom. The lowest BCUT2D eigenvalue weighted by atomic mass is 9.93. The molecule has 1 atom stereocenters. The molecule has 1 aliphatic carbocycles. The van der Waals surface area contributed by atoms with E-state index in [-0.39, 0.29) is 0 Å². The molecule has 0 saturated heterocycles. The van der Waals surface area contributed by atoms with E-state index in [0.717, 1.165) is 37.9 Å². The molecule has 1 N–H and O–H groups in total. The Bertz CT molecular complexity index is 174. The summed E-state index contributed by atoms with van der Waals surface area (Å²) in [6.45, 7) is 1.74. The summed E-state index contributed by atoms with van der Waals surface area (Å²) in [5, 5.41) is 3.18. The van der Waals surface area contributed by atoms with Gasteiger partial charge in [-0.05, 0) is 24.8 Å². The van der Waals surface area contributed by atoms with Crippen molar-refractivity contribution >= 4 is 0 Å². The van der Waals surface area contributed by atoms with Gasteiger partial charge in [0.15, 0.2) is 0 Å². The quantitative estimate of drug-likeness (QED) is 0.503. The summed E-state index contributed by atoms with van der Waals surface area (Å²) in [4.78, 5) is 0. The zero-order valence-corrected chi connectivity index (χ0v) is 5.99. The second-order valence-electron chi connectivity index (χ2n) is 3.09. The number of halogens is 1. The van der Waals surface area contributed by atoms with E-state index in [1.807, 2.05) is 0 Å². The van der Waals surface area contributed by atoms with Crippen molar-refractivity contribution in [2.45, 2.75) is 25.4 Å². The number of hydrogen-bond donors (Lipinski definition) is 1. The lowest BCUT2D eigenvalue weighted by Gasteiger charge is -2.16. The molecule has 0 fully saturated rings. The topological polar surface area (TPSA) is 12.0 Å². The Morgan fingerprint density at radius 2 is 2.30 bits per heavy atom. The fraction of sp³-hybridized carbons (Fsp3) is 0.750. The monoisotopic (exact) mass is 141 g/mol. The van der Waals surface area contributed by atoms with Crippen molar-refractivity contribution in [1.82, 2.24) is 5.32 Å². The highest BCUT2D eigenvalue weighted by molar-refractivity contribution is 5.28. The van der Waals surface area contributed by atoms with Gasteiger partial charge in [0.2, 0.25) is 0 Å². The van der Waals surface area contributed by atoms with Crippen molar-refractivity contribution in [3.05, 3.63) is 11.1 Å². The molecule has 0 amide bonds. The van der Waals surface area contributed by atoms with Gasteiger partial charge in [-0.25, -0.2) is 4.39 Å². The summed E-state index contributed by atoms with van der Waals surface area (Å²) in [5.74, 6) is 0. The van der Waals surface area contributed by atoms with E-state index in [9.17, 15) is 4.39 Å². The van der Waals surface area contributed by atoms with Crippen LogP contribution in [0.15, 0.2) is 11.1 Å². The number of hydrogen-bond acceptors (Lipinski definition) is 1. The molecule has 0 saturated carbocycles. The third kappa shape index (κ3) is 0.870. The normalized spacial score (nSPS) is 32.7. The van der Waals surface area contributed by atoms with Gasteiger partial charge < -0.3 is 5.32 Å². The van der Waals surface area contributed by atoms with Crippen molar-refractivity contribution in [2.24, 2.45) is 0 Å². The number of nitrogens with one attached hydrogen (secondary N) is 1. The number of alkyl halides is 1. The molecule has 2 rings (SSSR count). The van der Waals surface area contributed by atoms with Gasteiger partial charge in [0.1, 0.15) is 6.17 Å². The van der Waals surface area contributed by atoms with E-state index in [1.165, 1.54) is 5.57 Å². The van der Waals surface area contributed by atoms with Gasteiger partial charge in [0.05, 0.1) is 0 Å². The first-order chi connectivity index (χ1) is 4.88. The highest BCUT2D eigenvalue weighted by atomic mass is 19.1. The van der Waals surface area contributed by atoms with Crippen molar-refractivity contribution in [3.63, 3.8) is 0 Å². The fourth-order valence-electron chi connectivity index (χ4n) is 1.84. The summed E-state index contributed by atoms with van der Waals surface area (Å²) in [6, 6.07) is 0. The molecule has 10 heavy (non-hydrogen) atoms. The third-order valence-corrected chi connectivity index (χ3v) is 2.42. The predicted octanol–water partition coefficient (Wildman–Crippen LogP) is 1.41. The van der Waals surface area contributed by atoms with Crippen LogP contribution in [-0.4, -0.2) is 19.3 Å². The average Bonchev–Trinajstić information content (AvgIpc) is 2.36. The summed E-state index contributed by atoms with van der Waals surface area (Å²) >= 11 is 0. The molecular weight excluding hydrogens is 129 g/mol. The van der Waals surface area contributed by atoms with Crippen LogP contribution in [0, 0.1) is 0 Å². The molecule has 1 heterocycles. The van der Waals surface area contributed by atoms with Crippen LogP contribution in [0.5, 0.6) is 0 Å². The zero-order valence-electron chi connectivity index (χ0n) is 5.99. The minimum absolute atomic E-state index is 0.626. The molecule has 0 radical (unpaired) electrons. The van der Waals surface area contributed by atoms with Gasteiger partial charge >= 0.3 is 0 Å². The third-order valence-electron chi connectivity index (χ3n) is 2.42. The van der Waals surface area contributed by atoms with Gasteiger partial charge in [-0.1, -0.05) is 5.57 Å². The summed E-state index contributed by atoms with van der Waals surface area (Å²) in [6.07, 6.45) is 2.30. The molecule has 0 aromatic rings. The number of rotatable bonds is 0. The van der Waals surface area contributed by atoms with Crippen molar-refractivity contribution in [3.8, 4) is 0 Å². The minimum Gasteiger partial charge on any atom is -0.309 e. The molecular formula is C8H12FN.